The van der Waals surface area contributed by atoms with E-state index in [1.54, 1.807) is 30.5 Å². The number of para-hydroxylation sites is 1. The summed E-state index contributed by atoms with van der Waals surface area (Å²) in [5.74, 6) is 1.37. The number of carbonyl (C=O) groups excluding carboxylic acids is 1. The SMILES string of the molecule is CCc1ccccc1NC(=O)[C@H](CC)Sc1nc2cc(OC)c(OC)cc2c(=O)n1Cc1ccco1. The Hall–Kier alpha value is -3.72. The number of fused-ring (bicyclic) bond motifs is 1. The van der Waals surface area contributed by atoms with E-state index in [1.165, 1.54) is 30.5 Å². The Morgan fingerprint density at radius 3 is 2.53 bits per heavy atom. The fourth-order valence-corrected chi connectivity index (χ4v) is 4.94. The molecule has 1 N–H and O–H groups in total. The van der Waals surface area contributed by atoms with Crippen LogP contribution in [0, 0.1) is 0 Å². The summed E-state index contributed by atoms with van der Waals surface area (Å²) in [6, 6.07) is 14.6. The highest BCUT2D eigenvalue weighted by Crippen LogP contribution is 2.32. The van der Waals surface area contributed by atoms with E-state index in [1.807, 2.05) is 38.1 Å². The Morgan fingerprint density at radius 1 is 1.11 bits per heavy atom. The number of hydrogen-bond donors (Lipinski definition) is 1. The maximum absolute atomic E-state index is 13.6. The van der Waals surface area contributed by atoms with Crippen molar-refractivity contribution in [2.75, 3.05) is 19.5 Å². The van der Waals surface area contributed by atoms with Crippen LogP contribution in [0.5, 0.6) is 11.5 Å². The monoisotopic (exact) mass is 507 g/mol. The van der Waals surface area contributed by atoms with Crippen LogP contribution in [-0.4, -0.2) is 34.9 Å². The molecule has 4 rings (SSSR count). The van der Waals surface area contributed by atoms with Crippen LogP contribution in [0.2, 0.25) is 0 Å². The molecule has 2 heterocycles. The molecule has 1 atom stereocenters. The van der Waals surface area contributed by atoms with Crippen molar-refractivity contribution in [3.8, 4) is 11.5 Å². The number of aromatic nitrogens is 2. The van der Waals surface area contributed by atoms with Gasteiger partial charge in [0.15, 0.2) is 16.7 Å². The Morgan fingerprint density at radius 2 is 1.86 bits per heavy atom. The number of nitrogens with one attached hydrogen (secondary N) is 1. The van der Waals surface area contributed by atoms with Gasteiger partial charge in [0.1, 0.15) is 5.76 Å². The Kier molecular flexibility index (Phi) is 8.00. The lowest BCUT2D eigenvalue weighted by molar-refractivity contribution is -0.115. The maximum Gasteiger partial charge on any atom is 0.262 e. The van der Waals surface area contributed by atoms with Crippen molar-refractivity contribution >= 4 is 34.3 Å². The van der Waals surface area contributed by atoms with Gasteiger partial charge in [-0.05, 0) is 42.7 Å². The second kappa shape index (κ2) is 11.3. The van der Waals surface area contributed by atoms with E-state index >= 15 is 0 Å². The van der Waals surface area contributed by atoms with E-state index < -0.39 is 5.25 Å². The van der Waals surface area contributed by atoms with Crippen molar-refractivity contribution in [3.63, 3.8) is 0 Å². The number of thioether (sulfide) groups is 1. The molecule has 9 heteroatoms. The van der Waals surface area contributed by atoms with Gasteiger partial charge in [0.2, 0.25) is 5.91 Å². The predicted octanol–water partition coefficient (Wildman–Crippen LogP) is 5.13. The number of methoxy groups -OCH3 is 2. The second-order valence-electron chi connectivity index (χ2n) is 8.10. The highest BCUT2D eigenvalue weighted by molar-refractivity contribution is 8.00. The van der Waals surface area contributed by atoms with E-state index in [-0.39, 0.29) is 18.0 Å². The first kappa shape index (κ1) is 25.4. The van der Waals surface area contributed by atoms with Crippen LogP contribution in [0.15, 0.2) is 69.2 Å². The molecule has 4 aromatic rings. The quantitative estimate of drug-likeness (QED) is 0.235. The van der Waals surface area contributed by atoms with Crippen molar-refractivity contribution < 1.29 is 18.7 Å². The highest BCUT2D eigenvalue weighted by atomic mass is 32.2. The minimum absolute atomic E-state index is 0.144. The molecule has 0 saturated heterocycles. The molecule has 0 radical (unpaired) electrons. The van der Waals surface area contributed by atoms with Crippen molar-refractivity contribution in [3.05, 3.63) is 76.5 Å². The molecule has 8 nitrogen and oxygen atoms in total. The molecule has 0 spiro atoms. The highest BCUT2D eigenvalue weighted by Gasteiger charge is 2.24. The van der Waals surface area contributed by atoms with Gasteiger partial charge in [-0.1, -0.05) is 43.8 Å². The van der Waals surface area contributed by atoms with Crippen molar-refractivity contribution in [1.29, 1.82) is 0 Å². The van der Waals surface area contributed by atoms with Crippen LogP contribution >= 0.6 is 11.8 Å². The number of rotatable bonds is 10. The van der Waals surface area contributed by atoms with E-state index in [9.17, 15) is 9.59 Å². The number of anilines is 1. The van der Waals surface area contributed by atoms with Gasteiger partial charge in [-0.2, -0.15) is 0 Å². The molecule has 0 unspecified atom stereocenters. The fraction of sp³-hybridized carbons (Fsp3) is 0.296. The zero-order valence-electron chi connectivity index (χ0n) is 20.7. The van der Waals surface area contributed by atoms with Crippen molar-refractivity contribution in [1.82, 2.24) is 9.55 Å². The summed E-state index contributed by atoms with van der Waals surface area (Å²) in [5, 5.41) is 3.39. The van der Waals surface area contributed by atoms with E-state index in [0.717, 1.165) is 17.7 Å². The minimum atomic E-state index is -0.470. The number of nitrogens with zero attached hydrogens (tertiary/aromatic N) is 2. The fourth-order valence-electron chi connectivity index (χ4n) is 3.93. The van der Waals surface area contributed by atoms with Gasteiger partial charge < -0.3 is 19.2 Å². The van der Waals surface area contributed by atoms with E-state index in [4.69, 9.17) is 18.9 Å². The largest absolute Gasteiger partial charge is 0.493 e. The number of aryl methyl sites for hydroxylation is 1. The van der Waals surface area contributed by atoms with Crippen LogP contribution in [-0.2, 0) is 17.8 Å². The topological polar surface area (TPSA) is 95.6 Å². The normalized spacial score (nSPS) is 11.9. The predicted molar refractivity (Wildman–Crippen MR) is 141 cm³/mol. The summed E-state index contributed by atoms with van der Waals surface area (Å²) >= 11 is 1.26. The van der Waals surface area contributed by atoms with Gasteiger partial charge >= 0.3 is 0 Å². The van der Waals surface area contributed by atoms with Crippen LogP contribution in [0.4, 0.5) is 5.69 Å². The molecule has 0 bridgehead atoms. The number of furan rings is 1. The molecule has 2 aromatic heterocycles. The molecule has 1 amide bonds. The van der Waals surface area contributed by atoms with Gasteiger partial charge in [-0.15, -0.1) is 0 Å². The van der Waals surface area contributed by atoms with Crippen LogP contribution in [0.1, 0.15) is 31.6 Å². The summed E-state index contributed by atoms with van der Waals surface area (Å²) in [4.78, 5) is 31.7. The Bertz CT molecular complexity index is 1420. The third-order valence-electron chi connectivity index (χ3n) is 5.89. The number of ether oxygens (including phenoxy) is 2. The lowest BCUT2D eigenvalue weighted by atomic mass is 10.1. The zero-order chi connectivity index (χ0) is 25.7. The van der Waals surface area contributed by atoms with Crippen molar-refractivity contribution in [2.45, 2.75) is 43.6 Å². The molecule has 0 saturated carbocycles. The molecule has 36 heavy (non-hydrogen) atoms. The average molecular weight is 508 g/mol. The van der Waals surface area contributed by atoms with Gasteiger partial charge in [0, 0.05) is 11.8 Å². The zero-order valence-corrected chi connectivity index (χ0v) is 21.6. The smallest absolute Gasteiger partial charge is 0.262 e. The molecule has 188 valence electrons. The Balaban J connectivity index is 1.75. The number of carbonyl (C=O) groups is 1. The van der Waals surface area contributed by atoms with Gasteiger partial charge in [0.25, 0.3) is 5.56 Å². The van der Waals surface area contributed by atoms with Crippen molar-refractivity contribution in [2.24, 2.45) is 0 Å². The summed E-state index contributed by atoms with van der Waals surface area (Å²) in [7, 11) is 3.05. The summed E-state index contributed by atoms with van der Waals surface area (Å²) in [5.41, 5.74) is 2.06. The van der Waals surface area contributed by atoms with Gasteiger partial charge in [-0.3, -0.25) is 14.2 Å². The summed E-state index contributed by atoms with van der Waals surface area (Å²) in [6.45, 7) is 4.17. The third kappa shape index (κ3) is 5.26. The average Bonchev–Trinajstić information content (AvgIpc) is 3.42. The first-order valence-corrected chi connectivity index (χ1v) is 12.6. The molecule has 0 aliphatic rings. The first-order chi connectivity index (χ1) is 17.5. The first-order valence-electron chi connectivity index (χ1n) is 11.7. The Labute approximate surface area is 213 Å². The summed E-state index contributed by atoms with van der Waals surface area (Å²) < 4.78 is 17.8. The number of benzene rings is 2. The minimum Gasteiger partial charge on any atom is -0.493 e. The molecule has 0 aliphatic carbocycles. The molecule has 0 fully saturated rings. The third-order valence-corrected chi connectivity index (χ3v) is 7.24. The maximum atomic E-state index is 13.6. The molecule has 0 aliphatic heterocycles. The molecular formula is C27H29N3O5S. The van der Waals surface area contributed by atoms with E-state index in [2.05, 4.69) is 5.32 Å². The van der Waals surface area contributed by atoms with E-state index in [0.29, 0.717) is 39.7 Å². The second-order valence-corrected chi connectivity index (χ2v) is 9.27. The van der Waals surface area contributed by atoms with Gasteiger partial charge in [-0.25, -0.2) is 4.98 Å². The van der Waals surface area contributed by atoms with Crippen LogP contribution < -0.4 is 20.3 Å². The summed E-state index contributed by atoms with van der Waals surface area (Å²) in [6.07, 6.45) is 2.91. The standard InChI is InChI=1S/C27H29N3O5S/c1-5-17-10-7-8-12-20(17)28-25(31)24(6-2)36-27-29-21-15-23(34-4)22(33-3)14-19(21)26(32)30(27)16-18-11-9-13-35-18/h7-15,24H,5-6,16H2,1-4H3,(H,28,31)/t24-/m0/s1. The lowest BCUT2D eigenvalue weighted by Gasteiger charge is -2.19. The van der Waals surface area contributed by atoms with Crippen LogP contribution in [0.3, 0.4) is 0 Å². The number of hydrogen-bond acceptors (Lipinski definition) is 7. The van der Waals surface area contributed by atoms with Gasteiger partial charge in [0.05, 0.1) is 43.2 Å². The lowest BCUT2D eigenvalue weighted by Crippen LogP contribution is -2.28. The van der Waals surface area contributed by atoms with Crippen LogP contribution in [0.25, 0.3) is 10.9 Å². The molecular weight excluding hydrogens is 478 g/mol. The number of amides is 1. The molecule has 2 aromatic carbocycles.